The van der Waals surface area contributed by atoms with Crippen molar-refractivity contribution in [2.75, 3.05) is 49.6 Å². The summed E-state index contributed by atoms with van der Waals surface area (Å²) in [6.45, 7) is 6.87. The third-order valence-electron chi connectivity index (χ3n) is 6.13. The van der Waals surface area contributed by atoms with Crippen molar-refractivity contribution in [3.8, 4) is 0 Å². The van der Waals surface area contributed by atoms with E-state index in [1.54, 1.807) is 0 Å². The molecule has 6 nitrogen and oxygen atoms in total. The first-order valence-corrected chi connectivity index (χ1v) is 9.75. The first kappa shape index (κ1) is 16.6. The van der Waals surface area contributed by atoms with Crippen molar-refractivity contribution < 1.29 is 4.79 Å². The van der Waals surface area contributed by atoms with Gasteiger partial charge in [0.2, 0.25) is 11.9 Å². The van der Waals surface area contributed by atoms with E-state index in [0.29, 0.717) is 5.91 Å². The Balaban J connectivity index is 1.59. The van der Waals surface area contributed by atoms with E-state index in [-0.39, 0.29) is 5.41 Å². The van der Waals surface area contributed by atoms with Crippen LogP contribution in [0, 0.1) is 5.41 Å². The van der Waals surface area contributed by atoms with Crippen LogP contribution in [0.2, 0.25) is 0 Å². The third-order valence-corrected chi connectivity index (χ3v) is 6.13. The van der Waals surface area contributed by atoms with Crippen LogP contribution in [0.15, 0.2) is 6.07 Å². The molecule has 0 unspecified atom stereocenters. The van der Waals surface area contributed by atoms with E-state index in [1.165, 1.54) is 12.8 Å². The molecule has 0 aromatic carbocycles. The minimum atomic E-state index is -0.196. The molecule has 3 aliphatic heterocycles. The summed E-state index contributed by atoms with van der Waals surface area (Å²) >= 11 is 0. The maximum Gasteiger partial charge on any atom is 0.230 e. The van der Waals surface area contributed by atoms with Gasteiger partial charge < -0.3 is 14.7 Å². The minimum Gasteiger partial charge on any atom is -0.355 e. The number of piperidine rings is 1. The van der Waals surface area contributed by atoms with E-state index in [1.807, 2.05) is 11.9 Å². The summed E-state index contributed by atoms with van der Waals surface area (Å²) in [5, 5.41) is 0. The Bertz CT molecular complexity index is 657. The summed E-state index contributed by atoms with van der Waals surface area (Å²) < 4.78 is 0. The fourth-order valence-electron chi connectivity index (χ4n) is 4.59. The topological polar surface area (TPSA) is 52.6 Å². The molecule has 136 valence electrons. The van der Waals surface area contributed by atoms with Gasteiger partial charge in [0.15, 0.2) is 0 Å². The van der Waals surface area contributed by atoms with Crippen molar-refractivity contribution in [1.29, 1.82) is 0 Å². The lowest BCUT2D eigenvalue weighted by molar-refractivity contribution is -0.143. The van der Waals surface area contributed by atoms with Crippen molar-refractivity contribution in [3.05, 3.63) is 11.8 Å². The Kier molecular flexibility index (Phi) is 4.29. The quantitative estimate of drug-likeness (QED) is 0.841. The van der Waals surface area contributed by atoms with Crippen LogP contribution in [-0.4, -0.2) is 60.5 Å². The van der Waals surface area contributed by atoms with Gasteiger partial charge in [-0.3, -0.25) is 4.79 Å². The first-order chi connectivity index (χ1) is 12.1. The molecule has 0 radical (unpaired) electrons. The number of aryl methyl sites for hydroxylation is 1. The van der Waals surface area contributed by atoms with E-state index in [0.717, 1.165) is 75.9 Å². The molecule has 1 aromatic heterocycles. The number of rotatable bonds is 3. The van der Waals surface area contributed by atoms with E-state index in [4.69, 9.17) is 9.97 Å². The van der Waals surface area contributed by atoms with Gasteiger partial charge in [-0.15, -0.1) is 0 Å². The molecule has 25 heavy (non-hydrogen) atoms. The predicted molar refractivity (Wildman–Crippen MR) is 99.0 cm³/mol. The summed E-state index contributed by atoms with van der Waals surface area (Å²) in [7, 11) is 1.94. The van der Waals surface area contributed by atoms with Crippen LogP contribution in [0.4, 0.5) is 11.8 Å². The van der Waals surface area contributed by atoms with Gasteiger partial charge in [0, 0.05) is 51.5 Å². The Labute approximate surface area is 150 Å². The van der Waals surface area contributed by atoms with Gasteiger partial charge >= 0.3 is 0 Å². The molecule has 0 N–H and O–H groups in total. The third kappa shape index (κ3) is 2.96. The van der Waals surface area contributed by atoms with Crippen LogP contribution >= 0.6 is 0 Å². The maximum atomic E-state index is 12.8. The molecule has 3 saturated heterocycles. The van der Waals surface area contributed by atoms with E-state index < -0.39 is 0 Å². The molecule has 0 bridgehead atoms. The van der Waals surface area contributed by atoms with Gasteiger partial charge in [0.25, 0.3) is 0 Å². The number of amides is 1. The molecule has 1 amide bonds. The molecule has 3 fully saturated rings. The number of hydrogen-bond donors (Lipinski definition) is 0. The number of nitrogens with zero attached hydrogens (tertiary/aromatic N) is 5. The Morgan fingerprint density at radius 3 is 2.60 bits per heavy atom. The Morgan fingerprint density at radius 1 is 1.04 bits per heavy atom. The second kappa shape index (κ2) is 6.46. The molecule has 4 heterocycles. The van der Waals surface area contributed by atoms with E-state index >= 15 is 0 Å². The second-order valence-corrected chi connectivity index (χ2v) is 7.85. The number of aromatic nitrogens is 2. The molecule has 4 rings (SSSR count). The number of hydrogen-bond acceptors (Lipinski definition) is 5. The highest BCUT2D eigenvalue weighted by Gasteiger charge is 2.47. The number of likely N-dealkylation sites (tertiary alicyclic amines) is 1. The van der Waals surface area contributed by atoms with Gasteiger partial charge in [-0.05, 0) is 38.5 Å². The summed E-state index contributed by atoms with van der Waals surface area (Å²) in [4.78, 5) is 28.9. The van der Waals surface area contributed by atoms with Gasteiger partial charge in [-0.2, -0.15) is 4.98 Å². The average Bonchev–Trinajstić information content (AvgIpc) is 3.30. The Hall–Kier alpha value is -1.85. The summed E-state index contributed by atoms with van der Waals surface area (Å²) in [6.07, 6.45) is 6.43. The van der Waals surface area contributed by atoms with Gasteiger partial charge in [0.1, 0.15) is 5.82 Å². The monoisotopic (exact) mass is 343 g/mol. The number of carbonyl (C=O) groups excluding carboxylic acids is 1. The minimum absolute atomic E-state index is 0.196. The predicted octanol–water partition coefficient (Wildman–Crippen LogP) is 2.09. The lowest BCUT2D eigenvalue weighted by Gasteiger charge is -2.37. The summed E-state index contributed by atoms with van der Waals surface area (Å²) in [6, 6.07) is 2.12. The highest BCUT2D eigenvalue weighted by Crippen LogP contribution is 2.41. The smallest absolute Gasteiger partial charge is 0.230 e. The van der Waals surface area contributed by atoms with Crippen LogP contribution in [0.25, 0.3) is 0 Å². The molecule has 6 heteroatoms. The van der Waals surface area contributed by atoms with Crippen molar-refractivity contribution in [2.24, 2.45) is 5.41 Å². The fraction of sp³-hybridized carbons (Fsp3) is 0.737. The van der Waals surface area contributed by atoms with Gasteiger partial charge in [-0.25, -0.2) is 4.98 Å². The fourth-order valence-corrected chi connectivity index (χ4v) is 4.59. The largest absolute Gasteiger partial charge is 0.355 e. The lowest BCUT2D eigenvalue weighted by atomic mass is 9.78. The molecule has 0 saturated carbocycles. The zero-order valence-corrected chi connectivity index (χ0v) is 15.5. The molecule has 3 aliphatic rings. The SMILES string of the molecule is CCc1cc(N2CC[C@@]3(CCCN(C)C3=O)C2)nc(N2CCCC2)n1. The van der Waals surface area contributed by atoms with Crippen molar-refractivity contribution in [3.63, 3.8) is 0 Å². The highest BCUT2D eigenvalue weighted by atomic mass is 16.2. The Morgan fingerprint density at radius 2 is 1.84 bits per heavy atom. The normalized spacial score (nSPS) is 27.0. The van der Waals surface area contributed by atoms with Crippen molar-refractivity contribution in [2.45, 2.75) is 45.4 Å². The molecular formula is C19H29N5O. The van der Waals surface area contributed by atoms with Crippen LogP contribution < -0.4 is 9.80 Å². The van der Waals surface area contributed by atoms with Crippen LogP contribution in [-0.2, 0) is 11.2 Å². The first-order valence-electron chi connectivity index (χ1n) is 9.75. The van der Waals surface area contributed by atoms with Crippen LogP contribution in [0.5, 0.6) is 0 Å². The van der Waals surface area contributed by atoms with E-state index in [2.05, 4.69) is 22.8 Å². The summed E-state index contributed by atoms with van der Waals surface area (Å²) in [5.41, 5.74) is 0.901. The number of carbonyl (C=O) groups is 1. The van der Waals surface area contributed by atoms with Crippen molar-refractivity contribution in [1.82, 2.24) is 14.9 Å². The van der Waals surface area contributed by atoms with Crippen molar-refractivity contribution >= 4 is 17.7 Å². The van der Waals surface area contributed by atoms with Crippen LogP contribution in [0.3, 0.4) is 0 Å². The van der Waals surface area contributed by atoms with Crippen LogP contribution in [0.1, 0.15) is 44.7 Å². The zero-order valence-electron chi connectivity index (χ0n) is 15.5. The molecular weight excluding hydrogens is 314 g/mol. The van der Waals surface area contributed by atoms with Gasteiger partial charge in [-0.1, -0.05) is 6.92 Å². The highest BCUT2D eigenvalue weighted by molar-refractivity contribution is 5.84. The molecule has 1 spiro atoms. The van der Waals surface area contributed by atoms with E-state index in [9.17, 15) is 4.79 Å². The molecule has 1 aromatic rings. The molecule has 0 aliphatic carbocycles. The maximum absolute atomic E-state index is 12.8. The molecule has 1 atom stereocenters. The second-order valence-electron chi connectivity index (χ2n) is 7.85. The standard InChI is InChI=1S/C19H29N5O/c1-3-15-13-16(21-18(20-15)23-10-4-5-11-23)24-12-8-19(14-24)7-6-9-22(2)17(19)25/h13H,3-12,14H2,1-2H3/t19-/m0/s1. The van der Waals surface area contributed by atoms with Gasteiger partial charge in [0.05, 0.1) is 5.41 Å². The average molecular weight is 343 g/mol. The lowest BCUT2D eigenvalue weighted by Crippen LogP contribution is -2.48. The zero-order chi connectivity index (χ0) is 17.4. The number of anilines is 2. The summed E-state index contributed by atoms with van der Waals surface area (Å²) in [5.74, 6) is 2.21.